The van der Waals surface area contributed by atoms with Crippen molar-refractivity contribution in [2.45, 2.75) is 13.1 Å². The number of halogens is 3. The third-order valence-electron chi connectivity index (χ3n) is 4.79. The molecular formula is C22H16F3N3O. The van der Waals surface area contributed by atoms with Crippen LogP contribution in [-0.2, 0) is 6.18 Å². The molecule has 7 heteroatoms. The van der Waals surface area contributed by atoms with Crippen LogP contribution in [-0.4, -0.2) is 15.7 Å². The molecule has 0 fully saturated rings. The molecule has 4 nitrogen and oxygen atoms in total. The van der Waals surface area contributed by atoms with Gasteiger partial charge in [-0.2, -0.15) is 18.3 Å². The first-order valence-electron chi connectivity index (χ1n) is 8.82. The average Bonchev–Trinajstić information content (AvgIpc) is 3.13. The summed E-state index contributed by atoms with van der Waals surface area (Å²) in [6.45, 7) is 1.85. The molecule has 0 atom stereocenters. The summed E-state index contributed by atoms with van der Waals surface area (Å²) in [5.74, 6) is -0.613. The minimum Gasteiger partial charge on any atom is -0.366 e. The molecule has 0 spiro atoms. The lowest BCUT2D eigenvalue weighted by Crippen LogP contribution is -2.11. The molecule has 0 aliphatic rings. The van der Waals surface area contributed by atoms with Gasteiger partial charge in [0.1, 0.15) is 0 Å². The summed E-state index contributed by atoms with van der Waals surface area (Å²) < 4.78 is 41.6. The zero-order valence-corrected chi connectivity index (χ0v) is 15.4. The van der Waals surface area contributed by atoms with Gasteiger partial charge in [0.2, 0.25) is 5.91 Å². The van der Waals surface area contributed by atoms with Crippen molar-refractivity contribution in [2.75, 3.05) is 0 Å². The Morgan fingerprint density at radius 1 is 1.00 bits per heavy atom. The first kappa shape index (κ1) is 18.7. The van der Waals surface area contributed by atoms with Gasteiger partial charge in [-0.15, -0.1) is 0 Å². The largest absolute Gasteiger partial charge is 0.435 e. The number of fused-ring (bicyclic) bond motifs is 1. The normalized spacial score (nSPS) is 11.7. The molecule has 1 heterocycles. The number of hydrogen-bond donors (Lipinski definition) is 1. The maximum Gasteiger partial charge on any atom is 0.435 e. The Morgan fingerprint density at radius 2 is 1.69 bits per heavy atom. The van der Waals surface area contributed by atoms with Gasteiger partial charge in [0, 0.05) is 11.1 Å². The molecule has 4 aromatic rings. The van der Waals surface area contributed by atoms with Crippen LogP contribution in [0.2, 0.25) is 0 Å². The van der Waals surface area contributed by atoms with Gasteiger partial charge < -0.3 is 5.73 Å². The van der Waals surface area contributed by atoms with Crippen LogP contribution in [0, 0.1) is 6.92 Å². The first-order chi connectivity index (χ1) is 13.8. The number of aryl methyl sites for hydroxylation is 1. The van der Waals surface area contributed by atoms with E-state index in [1.165, 1.54) is 28.9 Å². The van der Waals surface area contributed by atoms with E-state index >= 15 is 0 Å². The fraction of sp³-hybridized carbons (Fsp3) is 0.0909. The molecule has 4 rings (SSSR count). The van der Waals surface area contributed by atoms with Gasteiger partial charge in [-0.1, -0.05) is 36.4 Å². The summed E-state index contributed by atoms with van der Waals surface area (Å²) in [5, 5.41) is 5.57. The molecule has 1 aromatic heterocycles. The SMILES string of the molecule is Cc1ccc2ccccc2c1-c1cc(C(F)(F)F)nn1-c1ccc(C(N)=O)cc1. The maximum atomic E-state index is 13.5. The summed E-state index contributed by atoms with van der Waals surface area (Å²) >= 11 is 0. The van der Waals surface area contributed by atoms with Crippen LogP contribution in [0.4, 0.5) is 13.2 Å². The smallest absolute Gasteiger partial charge is 0.366 e. The number of alkyl halides is 3. The number of hydrogen-bond acceptors (Lipinski definition) is 2. The van der Waals surface area contributed by atoms with Crippen molar-refractivity contribution in [3.8, 4) is 16.9 Å². The highest BCUT2D eigenvalue weighted by Gasteiger charge is 2.35. The molecule has 29 heavy (non-hydrogen) atoms. The van der Waals surface area contributed by atoms with E-state index in [4.69, 9.17) is 5.73 Å². The third-order valence-corrected chi connectivity index (χ3v) is 4.79. The standard InChI is InChI=1S/C22H16F3N3O/c1-13-6-7-14-4-2-3-5-17(14)20(13)18-12-19(22(23,24)25)27-28(18)16-10-8-15(9-11-16)21(26)29/h2-12H,1H3,(H2,26,29). The quantitative estimate of drug-likeness (QED) is 0.523. The number of nitrogens with two attached hydrogens (primary N) is 1. The highest BCUT2D eigenvalue weighted by Crippen LogP contribution is 2.37. The Labute approximate surface area is 164 Å². The van der Waals surface area contributed by atoms with Crippen LogP contribution < -0.4 is 5.73 Å². The van der Waals surface area contributed by atoms with Crippen LogP contribution in [0.15, 0.2) is 66.7 Å². The summed E-state index contributed by atoms with van der Waals surface area (Å²) in [6.07, 6.45) is -4.59. The van der Waals surface area contributed by atoms with Crippen molar-refractivity contribution in [1.82, 2.24) is 9.78 Å². The zero-order chi connectivity index (χ0) is 20.8. The van der Waals surface area contributed by atoms with Crippen LogP contribution in [0.1, 0.15) is 21.6 Å². The summed E-state index contributed by atoms with van der Waals surface area (Å²) in [6, 6.07) is 18.3. The predicted molar refractivity (Wildman–Crippen MR) is 105 cm³/mol. The van der Waals surface area contributed by atoms with Gasteiger partial charge in [-0.3, -0.25) is 4.79 Å². The number of amides is 1. The molecule has 3 aromatic carbocycles. The number of carbonyl (C=O) groups is 1. The lowest BCUT2D eigenvalue weighted by Gasteiger charge is -2.13. The van der Waals surface area contributed by atoms with Crippen molar-refractivity contribution >= 4 is 16.7 Å². The van der Waals surface area contributed by atoms with Gasteiger partial charge in [0.15, 0.2) is 5.69 Å². The highest BCUT2D eigenvalue weighted by molar-refractivity contribution is 5.98. The van der Waals surface area contributed by atoms with E-state index in [0.717, 1.165) is 22.4 Å². The molecule has 0 unspecified atom stereocenters. The molecule has 0 aliphatic heterocycles. The first-order valence-corrected chi connectivity index (χ1v) is 8.82. The van der Waals surface area contributed by atoms with Crippen LogP contribution in [0.25, 0.3) is 27.7 Å². The Balaban J connectivity index is 2.00. The van der Waals surface area contributed by atoms with Gasteiger partial charge in [0.05, 0.1) is 11.4 Å². The second-order valence-corrected chi connectivity index (χ2v) is 6.71. The fourth-order valence-electron chi connectivity index (χ4n) is 3.38. The molecule has 1 amide bonds. The topological polar surface area (TPSA) is 60.9 Å². The van der Waals surface area contributed by atoms with E-state index in [9.17, 15) is 18.0 Å². The summed E-state index contributed by atoms with van der Waals surface area (Å²) in [4.78, 5) is 11.3. The Bertz CT molecular complexity index is 1220. The van der Waals surface area contributed by atoms with Gasteiger partial charge in [-0.25, -0.2) is 4.68 Å². The van der Waals surface area contributed by atoms with Crippen molar-refractivity contribution in [2.24, 2.45) is 5.73 Å². The molecule has 0 saturated heterocycles. The Kier molecular flexibility index (Phi) is 4.38. The second-order valence-electron chi connectivity index (χ2n) is 6.71. The van der Waals surface area contributed by atoms with Crippen molar-refractivity contribution in [1.29, 1.82) is 0 Å². The average molecular weight is 395 g/mol. The van der Waals surface area contributed by atoms with E-state index in [1.54, 1.807) is 0 Å². The molecular weight excluding hydrogens is 379 g/mol. The van der Waals surface area contributed by atoms with E-state index in [2.05, 4.69) is 5.10 Å². The minimum absolute atomic E-state index is 0.264. The van der Waals surface area contributed by atoms with Gasteiger partial charge in [0.25, 0.3) is 0 Å². The number of nitrogens with zero attached hydrogens (tertiary/aromatic N) is 2. The number of rotatable bonds is 3. The summed E-state index contributed by atoms with van der Waals surface area (Å²) in [5.41, 5.74) is 6.74. The van der Waals surface area contributed by atoms with Crippen LogP contribution >= 0.6 is 0 Å². The number of primary amides is 1. The second kappa shape index (κ2) is 6.77. The molecule has 0 saturated carbocycles. The molecule has 2 N–H and O–H groups in total. The molecule has 0 bridgehead atoms. The van der Waals surface area contributed by atoms with Gasteiger partial charge in [-0.05, 0) is 53.6 Å². The predicted octanol–water partition coefficient (Wildman–Crippen LogP) is 5.12. The lowest BCUT2D eigenvalue weighted by molar-refractivity contribution is -0.141. The van der Waals surface area contributed by atoms with E-state index in [-0.39, 0.29) is 5.56 Å². The Morgan fingerprint density at radius 3 is 2.34 bits per heavy atom. The Hall–Kier alpha value is -3.61. The van der Waals surface area contributed by atoms with E-state index in [1.807, 2.05) is 43.3 Å². The van der Waals surface area contributed by atoms with E-state index in [0.29, 0.717) is 16.9 Å². The van der Waals surface area contributed by atoms with Crippen molar-refractivity contribution < 1.29 is 18.0 Å². The lowest BCUT2D eigenvalue weighted by atomic mass is 9.97. The maximum absolute atomic E-state index is 13.5. The molecule has 0 aliphatic carbocycles. The van der Waals surface area contributed by atoms with Crippen LogP contribution in [0.3, 0.4) is 0 Å². The minimum atomic E-state index is -4.59. The van der Waals surface area contributed by atoms with Crippen molar-refractivity contribution in [3.63, 3.8) is 0 Å². The monoisotopic (exact) mass is 395 g/mol. The van der Waals surface area contributed by atoms with Crippen LogP contribution in [0.5, 0.6) is 0 Å². The zero-order valence-electron chi connectivity index (χ0n) is 15.4. The highest BCUT2D eigenvalue weighted by atomic mass is 19.4. The molecule has 0 radical (unpaired) electrons. The van der Waals surface area contributed by atoms with Crippen molar-refractivity contribution in [3.05, 3.63) is 83.6 Å². The molecule has 146 valence electrons. The third kappa shape index (κ3) is 3.35. The number of carbonyl (C=O) groups excluding carboxylic acids is 1. The number of benzene rings is 3. The van der Waals surface area contributed by atoms with Gasteiger partial charge >= 0.3 is 6.18 Å². The fourth-order valence-corrected chi connectivity index (χ4v) is 3.38. The summed E-state index contributed by atoms with van der Waals surface area (Å²) in [7, 11) is 0. The number of aromatic nitrogens is 2. The van der Waals surface area contributed by atoms with E-state index < -0.39 is 17.8 Å².